The van der Waals surface area contributed by atoms with E-state index in [1.807, 2.05) is 24.8 Å². The molecule has 0 saturated carbocycles. The second-order valence-electron chi connectivity index (χ2n) is 7.75. The Balaban J connectivity index is 1.52. The largest absolute Gasteiger partial charge is 0.353 e. The molecule has 4 rings (SSSR count). The van der Waals surface area contributed by atoms with Gasteiger partial charge in [-0.3, -0.25) is 4.79 Å². The Bertz CT molecular complexity index is 1100. The molecule has 0 radical (unpaired) electrons. The minimum absolute atomic E-state index is 0.00588. The second kappa shape index (κ2) is 9.02. The molecule has 1 amide bonds. The van der Waals surface area contributed by atoms with Crippen molar-refractivity contribution in [2.45, 2.75) is 20.3 Å². The number of hydrogen-bond acceptors (Lipinski definition) is 4. The van der Waals surface area contributed by atoms with E-state index in [9.17, 15) is 9.18 Å². The summed E-state index contributed by atoms with van der Waals surface area (Å²) in [6.45, 7) is 6.39. The number of halogens is 2. The van der Waals surface area contributed by atoms with E-state index in [-0.39, 0.29) is 11.7 Å². The quantitative estimate of drug-likeness (QED) is 0.604. The minimum atomic E-state index is -0.251. The van der Waals surface area contributed by atoms with Gasteiger partial charge in [0.1, 0.15) is 17.5 Å². The van der Waals surface area contributed by atoms with Crippen LogP contribution in [-0.4, -0.2) is 47.0 Å². The lowest BCUT2D eigenvalue weighted by molar-refractivity contribution is 0.0746. The molecule has 0 atom stereocenters. The average Bonchev–Trinajstić information content (AvgIpc) is 2.76. The van der Waals surface area contributed by atoms with Gasteiger partial charge in [0, 0.05) is 54.4 Å². The van der Waals surface area contributed by atoms with E-state index in [0.29, 0.717) is 49.0 Å². The predicted molar refractivity (Wildman–Crippen MR) is 120 cm³/mol. The first kappa shape index (κ1) is 21.2. The number of nitrogens with zero attached hydrogens (tertiary/aromatic N) is 4. The van der Waals surface area contributed by atoms with Gasteiger partial charge in [-0.25, -0.2) is 14.4 Å². The molecule has 0 bridgehead atoms. The van der Waals surface area contributed by atoms with Crippen molar-refractivity contribution < 1.29 is 9.18 Å². The molecule has 1 aliphatic heterocycles. The highest BCUT2D eigenvalue weighted by molar-refractivity contribution is 6.30. The molecule has 3 aromatic rings. The third-order valence-corrected chi connectivity index (χ3v) is 5.78. The summed E-state index contributed by atoms with van der Waals surface area (Å²) >= 11 is 5.93. The monoisotopic (exact) mass is 438 g/mol. The summed E-state index contributed by atoms with van der Waals surface area (Å²) in [5.74, 6) is 1.33. The standard InChI is InChI=1S/C24H24ClFN4O/c1-16-22(15-18-4-3-5-21(26)14-18)23(28-17(2)27-16)29-10-12-30(13-11-29)24(31)19-6-8-20(25)9-7-19/h3-9,14H,10-13,15H2,1-2H3. The summed E-state index contributed by atoms with van der Waals surface area (Å²) in [6.07, 6.45) is 0.559. The number of benzene rings is 2. The van der Waals surface area contributed by atoms with Crippen LogP contribution in [0.5, 0.6) is 0 Å². The molecular weight excluding hydrogens is 415 g/mol. The van der Waals surface area contributed by atoms with Gasteiger partial charge < -0.3 is 9.80 Å². The van der Waals surface area contributed by atoms with Crippen LogP contribution in [0.1, 0.15) is 33.0 Å². The third-order valence-electron chi connectivity index (χ3n) is 5.53. The Morgan fingerprint density at radius 3 is 2.42 bits per heavy atom. The summed E-state index contributed by atoms with van der Waals surface area (Å²) in [6, 6.07) is 13.6. The van der Waals surface area contributed by atoms with Gasteiger partial charge >= 0.3 is 0 Å². The first-order valence-corrected chi connectivity index (χ1v) is 10.7. The van der Waals surface area contributed by atoms with Gasteiger partial charge in [-0.2, -0.15) is 0 Å². The summed E-state index contributed by atoms with van der Waals surface area (Å²) in [5, 5.41) is 0.613. The topological polar surface area (TPSA) is 49.3 Å². The Morgan fingerprint density at radius 2 is 1.74 bits per heavy atom. The molecule has 1 aromatic heterocycles. The van der Waals surface area contributed by atoms with E-state index >= 15 is 0 Å². The number of hydrogen-bond donors (Lipinski definition) is 0. The fraction of sp³-hybridized carbons (Fsp3) is 0.292. The zero-order valence-electron chi connectivity index (χ0n) is 17.6. The summed E-state index contributed by atoms with van der Waals surface area (Å²) in [5.41, 5.74) is 3.41. The smallest absolute Gasteiger partial charge is 0.253 e. The Kier molecular flexibility index (Phi) is 6.18. The lowest BCUT2D eigenvalue weighted by Crippen LogP contribution is -2.49. The molecular formula is C24H24ClFN4O. The number of aromatic nitrogens is 2. The maximum Gasteiger partial charge on any atom is 0.253 e. The van der Waals surface area contributed by atoms with Crippen LogP contribution < -0.4 is 4.90 Å². The molecule has 31 heavy (non-hydrogen) atoms. The Morgan fingerprint density at radius 1 is 1.03 bits per heavy atom. The van der Waals surface area contributed by atoms with Crippen molar-refractivity contribution in [1.82, 2.24) is 14.9 Å². The van der Waals surface area contributed by atoms with Crippen LogP contribution in [0.15, 0.2) is 48.5 Å². The van der Waals surface area contributed by atoms with Crippen molar-refractivity contribution in [3.63, 3.8) is 0 Å². The van der Waals surface area contributed by atoms with Crippen molar-refractivity contribution in [3.8, 4) is 0 Å². The molecule has 0 unspecified atom stereocenters. The molecule has 0 aliphatic carbocycles. The zero-order chi connectivity index (χ0) is 22.0. The van der Waals surface area contributed by atoms with Gasteiger partial charge in [-0.15, -0.1) is 0 Å². The first-order valence-electron chi connectivity index (χ1n) is 10.3. The maximum absolute atomic E-state index is 13.7. The number of piperazine rings is 1. The highest BCUT2D eigenvalue weighted by Crippen LogP contribution is 2.26. The van der Waals surface area contributed by atoms with E-state index in [4.69, 9.17) is 16.6 Å². The van der Waals surface area contributed by atoms with Gasteiger partial charge in [-0.1, -0.05) is 23.7 Å². The fourth-order valence-corrected chi connectivity index (χ4v) is 4.06. The van der Waals surface area contributed by atoms with Crippen LogP contribution >= 0.6 is 11.6 Å². The predicted octanol–water partition coefficient (Wildman–Crippen LogP) is 4.44. The third kappa shape index (κ3) is 4.85. The lowest BCUT2D eigenvalue weighted by Gasteiger charge is -2.36. The van der Waals surface area contributed by atoms with Crippen LogP contribution in [0.25, 0.3) is 0 Å². The van der Waals surface area contributed by atoms with Gasteiger partial charge in [0.2, 0.25) is 0 Å². The molecule has 1 aliphatic rings. The summed E-state index contributed by atoms with van der Waals surface area (Å²) in [4.78, 5) is 26.1. The van der Waals surface area contributed by atoms with Gasteiger partial charge in [0.05, 0.1) is 0 Å². The average molecular weight is 439 g/mol. The zero-order valence-corrected chi connectivity index (χ0v) is 18.4. The molecule has 160 valence electrons. The summed E-state index contributed by atoms with van der Waals surface area (Å²) < 4.78 is 13.7. The summed E-state index contributed by atoms with van der Waals surface area (Å²) in [7, 11) is 0. The fourth-order valence-electron chi connectivity index (χ4n) is 3.93. The van der Waals surface area contributed by atoms with Crippen molar-refractivity contribution >= 4 is 23.3 Å². The van der Waals surface area contributed by atoms with Crippen LogP contribution in [0, 0.1) is 19.7 Å². The molecule has 2 heterocycles. The number of carbonyl (C=O) groups excluding carboxylic acids is 1. The van der Waals surface area contributed by atoms with E-state index < -0.39 is 0 Å². The highest BCUT2D eigenvalue weighted by atomic mass is 35.5. The molecule has 7 heteroatoms. The van der Waals surface area contributed by atoms with Crippen molar-refractivity contribution in [3.05, 3.63) is 87.6 Å². The lowest BCUT2D eigenvalue weighted by atomic mass is 10.0. The minimum Gasteiger partial charge on any atom is -0.353 e. The second-order valence-corrected chi connectivity index (χ2v) is 8.19. The number of amides is 1. The van der Waals surface area contributed by atoms with Crippen LogP contribution in [-0.2, 0) is 6.42 Å². The van der Waals surface area contributed by atoms with E-state index in [1.165, 1.54) is 6.07 Å². The Labute approximate surface area is 186 Å². The number of rotatable bonds is 4. The number of aryl methyl sites for hydroxylation is 2. The van der Waals surface area contributed by atoms with Gasteiger partial charge in [0.25, 0.3) is 5.91 Å². The normalized spacial score (nSPS) is 14.1. The molecule has 0 spiro atoms. The highest BCUT2D eigenvalue weighted by Gasteiger charge is 2.25. The molecule has 2 aromatic carbocycles. The molecule has 0 N–H and O–H groups in total. The molecule has 1 fully saturated rings. The van der Waals surface area contributed by atoms with E-state index in [2.05, 4.69) is 9.88 Å². The van der Waals surface area contributed by atoms with Crippen LogP contribution in [0.3, 0.4) is 0 Å². The number of anilines is 1. The molecule has 1 saturated heterocycles. The first-order chi connectivity index (χ1) is 14.9. The van der Waals surface area contributed by atoms with Crippen molar-refractivity contribution in [2.75, 3.05) is 31.1 Å². The van der Waals surface area contributed by atoms with Gasteiger partial charge in [0.15, 0.2) is 0 Å². The van der Waals surface area contributed by atoms with Gasteiger partial charge in [-0.05, 0) is 55.8 Å². The van der Waals surface area contributed by atoms with Crippen LogP contribution in [0.4, 0.5) is 10.2 Å². The van der Waals surface area contributed by atoms with Crippen LogP contribution in [0.2, 0.25) is 5.02 Å². The van der Waals surface area contributed by atoms with E-state index in [0.717, 1.165) is 22.6 Å². The number of carbonyl (C=O) groups is 1. The molecule has 5 nitrogen and oxygen atoms in total. The van der Waals surface area contributed by atoms with Crippen molar-refractivity contribution in [2.24, 2.45) is 0 Å². The SMILES string of the molecule is Cc1nc(C)c(Cc2cccc(F)c2)c(N2CCN(C(=O)c3ccc(Cl)cc3)CC2)n1. The maximum atomic E-state index is 13.7. The Hall–Kier alpha value is -2.99. The van der Waals surface area contributed by atoms with E-state index in [1.54, 1.807) is 36.4 Å². The van der Waals surface area contributed by atoms with Crippen molar-refractivity contribution in [1.29, 1.82) is 0 Å².